The zero-order valence-electron chi connectivity index (χ0n) is 16.6. The van der Waals surface area contributed by atoms with Gasteiger partial charge in [-0.25, -0.2) is 4.98 Å². The van der Waals surface area contributed by atoms with Gasteiger partial charge in [0.05, 0.1) is 12.2 Å². The molecule has 29 heavy (non-hydrogen) atoms. The second-order valence-electron chi connectivity index (χ2n) is 9.84. The van der Waals surface area contributed by atoms with E-state index < -0.39 is 0 Å². The fraction of sp³-hybridized carbons (Fsp3) is 0.636. The highest BCUT2D eigenvalue weighted by Crippen LogP contribution is 2.59. The second-order valence-corrected chi connectivity index (χ2v) is 9.84. The van der Waals surface area contributed by atoms with Gasteiger partial charge in [-0.15, -0.1) is 0 Å². The highest BCUT2D eigenvalue weighted by molar-refractivity contribution is 5.93. The van der Waals surface area contributed by atoms with E-state index in [0.29, 0.717) is 6.54 Å². The Bertz CT molecular complexity index is 1000. The van der Waals surface area contributed by atoms with Crippen LogP contribution in [0.15, 0.2) is 11.0 Å². The van der Waals surface area contributed by atoms with Crippen LogP contribution < -0.4 is 10.9 Å². The molecule has 2 aromatic heterocycles. The first-order chi connectivity index (χ1) is 14.1. The number of nitrogens with zero attached hydrogens (tertiary/aromatic N) is 2. The van der Waals surface area contributed by atoms with E-state index in [1.807, 2.05) is 0 Å². The van der Waals surface area contributed by atoms with Crippen LogP contribution in [0.25, 0.3) is 0 Å². The Kier molecular flexibility index (Phi) is 3.77. The number of nitrogens with one attached hydrogen (secondary N) is 3. The number of fused-ring (bicyclic) bond motifs is 1. The monoisotopic (exact) mass is 393 g/mol. The van der Waals surface area contributed by atoms with E-state index in [2.05, 4.69) is 25.5 Å². The third-order valence-corrected chi connectivity index (χ3v) is 7.89. The van der Waals surface area contributed by atoms with Crippen molar-refractivity contribution in [2.24, 2.45) is 17.8 Å². The van der Waals surface area contributed by atoms with E-state index in [9.17, 15) is 9.59 Å². The zero-order chi connectivity index (χ0) is 19.6. The number of aryl methyl sites for hydroxylation is 1. The number of H-pyrrole nitrogens is 2. The molecule has 0 aliphatic heterocycles. The third-order valence-electron chi connectivity index (χ3n) is 7.89. The molecule has 1 amide bonds. The molecule has 0 unspecified atom stereocenters. The molecule has 0 atom stereocenters. The van der Waals surface area contributed by atoms with Crippen molar-refractivity contribution < 1.29 is 4.79 Å². The Labute approximate surface area is 169 Å². The fourth-order valence-electron chi connectivity index (χ4n) is 7.02. The van der Waals surface area contributed by atoms with Gasteiger partial charge < -0.3 is 10.3 Å². The lowest BCUT2D eigenvalue weighted by Gasteiger charge is -2.56. The highest BCUT2D eigenvalue weighted by atomic mass is 16.2. The van der Waals surface area contributed by atoms with Crippen molar-refractivity contribution in [2.45, 2.75) is 69.7 Å². The van der Waals surface area contributed by atoms with Gasteiger partial charge >= 0.3 is 0 Å². The molecule has 0 radical (unpaired) electrons. The molecule has 5 aliphatic rings. The van der Waals surface area contributed by atoms with E-state index >= 15 is 0 Å². The molecule has 7 nitrogen and oxygen atoms in total. The van der Waals surface area contributed by atoms with Crippen LogP contribution in [0.5, 0.6) is 0 Å². The van der Waals surface area contributed by atoms with E-state index in [1.165, 1.54) is 36.7 Å². The number of hydrogen-bond donors (Lipinski definition) is 3. The van der Waals surface area contributed by atoms with E-state index in [0.717, 1.165) is 67.8 Å². The van der Waals surface area contributed by atoms with Crippen molar-refractivity contribution in [3.63, 3.8) is 0 Å². The summed E-state index contributed by atoms with van der Waals surface area (Å²) in [5.74, 6) is 2.77. The van der Waals surface area contributed by atoms with Crippen LogP contribution in [0.1, 0.15) is 78.1 Å². The molecule has 4 saturated carbocycles. The van der Waals surface area contributed by atoms with Gasteiger partial charge in [0.25, 0.3) is 11.5 Å². The number of carbonyl (C=O) groups is 1. The lowest BCUT2D eigenvalue weighted by atomic mass is 9.49. The summed E-state index contributed by atoms with van der Waals surface area (Å²) in [5.41, 5.74) is 3.06. The molecule has 0 aromatic carbocycles. The summed E-state index contributed by atoms with van der Waals surface area (Å²) < 4.78 is 0. The Morgan fingerprint density at radius 1 is 1.14 bits per heavy atom. The van der Waals surface area contributed by atoms with Crippen LogP contribution in [-0.4, -0.2) is 26.1 Å². The lowest BCUT2D eigenvalue weighted by molar-refractivity contribution is -0.00953. The Hall–Kier alpha value is -2.44. The maximum absolute atomic E-state index is 12.7. The van der Waals surface area contributed by atoms with Crippen molar-refractivity contribution in [3.05, 3.63) is 44.9 Å². The highest BCUT2D eigenvalue weighted by Gasteiger charge is 2.52. The third kappa shape index (κ3) is 2.77. The van der Waals surface area contributed by atoms with Crippen LogP contribution in [-0.2, 0) is 24.8 Å². The molecule has 7 heteroatoms. The first kappa shape index (κ1) is 17.4. The first-order valence-corrected chi connectivity index (χ1v) is 11.0. The minimum atomic E-state index is -0.384. The van der Waals surface area contributed by atoms with Crippen LogP contribution >= 0.6 is 0 Å². The summed E-state index contributed by atoms with van der Waals surface area (Å²) in [7, 11) is 0. The van der Waals surface area contributed by atoms with Crippen LogP contribution in [0.3, 0.4) is 0 Å². The fourth-order valence-corrected chi connectivity index (χ4v) is 7.02. The first-order valence-electron chi connectivity index (χ1n) is 11.0. The van der Waals surface area contributed by atoms with Crippen molar-refractivity contribution in [1.82, 2.24) is 25.5 Å². The summed E-state index contributed by atoms with van der Waals surface area (Å²) in [6, 6.07) is 0. The number of amides is 1. The average Bonchev–Trinajstić information content (AvgIpc) is 3.29. The number of aromatic nitrogens is 4. The number of hydrogen-bond acceptors (Lipinski definition) is 4. The molecular weight excluding hydrogens is 366 g/mol. The molecule has 4 bridgehead atoms. The lowest BCUT2D eigenvalue weighted by Crippen LogP contribution is -2.50. The summed E-state index contributed by atoms with van der Waals surface area (Å²) in [4.78, 5) is 33.0. The predicted octanol–water partition coefficient (Wildman–Crippen LogP) is 2.38. The van der Waals surface area contributed by atoms with Crippen molar-refractivity contribution >= 4 is 5.91 Å². The summed E-state index contributed by atoms with van der Waals surface area (Å²) in [6.07, 6.45) is 12.1. The molecule has 0 spiro atoms. The molecule has 0 saturated heterocycles. The molecule has 152 valence electrons. The van der Waals surface area contributed by atoms with E-state index in [-0.39, 0.29) is 22.4 Å². The van der Waals surface area contributed by atoms with E-state index in [1.54, 1.807) is 0 Å². The molecule has 5 aliphatic carbocycles. The number of carbonyl (C=O) groups excluding carboxylic acids is 1. The quantitative estimate of drug-likeness (QED) is 0.742. The number of rotatable bonds is 4. The normalized spacial score (nSPS) is 31.8. The van der Waals surface area contributed by atoms with Gasteiger partial charge in [0.2, 0.25) is 0 Å². The smallest absolute Gasteiger partial charge is 0.263 e. The maximum atomic E-state index is 12.7. The summed E-state index contributed by atoms with van der Waals surface area (Å²) in [6.45, 7) is 0.334. The zero-order valence-corrected chi connectivity index (χ0v) is 16.6. The number of aromatic amines is 2. The summed E-state index contributed by atoms with van der Waals surface area (Å²) in [5, 5.41) is 10.2. The van der Waals surface area contributed by atoms with Crippen molar-refractivity contribution in [3.8, 4) is 0 Å². The Morgan fingerprint density at radius 2 is 1.86 bits per heavy atom. The molecule has 4 fully saturated rings. The Morgan fingerprint density at radius 3 is 2.55 bits per heavy atom. The molecule has 3 N–H and O–H groups in total. The van der Waals surface area contributed by atoms with Gasteiger partial charge in [-0.1, -0.05) is 0 Å². The van der Waals surface area contributed by atoms with Gasteiger partial charge in [-0.3, -0.25) is 14.7 Å². The van der Waals surface area contributed by atoms with Crippen LogP contribution in [0.2, 0.25) is 0 Å². The SMILES string of the molecule is O=C(NCc1n[nH]c2c1CCC2)c1cnc(C23CC4CC(CC(C4)C2)C3)[nH]c1=O. The van der Waals surface area contributed by atoms with Gasteiger partial charge in [-0.05, 0) is 81.1 Å². The molecular formula is C22H27N5O2. The maximum Gasteiger partial charge on any atom is 0.263 e. The predicted molar refractivity (Wildman–Crippen MR) is 106 cm³/mol. The van der Waals surface area contributed by atoms with Crippen LogP contribution in [0.4, 0.5) is 0 Å². The average molecular weight is 393 g/mol. The van der Waals surface area contributed by atoms with Gasteiger partial charge in [-0.2, -0.15) is 5.10 Å². The van der Waals surface area contributed by atoms with Crippen LogP contribution in [0, 0.1) is 17.8 Å². The second kappa shape index (κ2) is 6.28. The van der Waals surface area contributed by atoms with E-state index in [4.69, 9.17) is 0 Å². The van der Waals surface area contributed by atoms with Crippen molar-refractivity contribution in [2.75, 3.05) is 0 Å². The Balaban J connectivity index is 1.20. The summed E-state index contributed by atoms with van der Waals surface area (Å²) >= 11 is 0. The standard InChI is InChI=1S/C22H27N5O2/c28-19(23-11-18-15-2-1-3-17(15)26-27-18)16-10-24-21(25-20(16)29)22-7-12-4-13(8-22)6-14(5-12)9-22/h10,12-14H,1-9,11H2,(H,23,28)(H,26,27)(H,24,25,29). The minimum Gasteiger partial charge on any atom is -0.346 e. The topological polar surface area (TPSA) is 104 Å². The van der Waals surface area contributed by atoms with Crippen molar-refractivity contribution in [1.29, 1.82) is 0 Å². The van der Waals surface area contributed by atoms with Gasteiger partial charge in [0, 0.05) is 17.3 Å². The largest absolute Gasteiger partial charge is 0.346 e. The van der Waals surface area contributed by atoms with Gasteiger partial charge in [0.1, 0.15) is 11.4 Å². The van der Waals surface area contributed by atoms with Gasteiger partial charge in [0.15, 0.2) is 0 Å². The minimum absolute atomic E-state index is 0.0263. The molecule has 2 heterocycles. The molecule has 7 rings (SSSR count). The molecule has 2 aromatic rings.